The van der Waals surface area contributed by atoms with Crippen LogP contribution >= 0.6 is 8.69 Å². The lowest BCUT2D eigenvalue weighted by molar-refractivity contribution is -0.129. The zero-order valence-corrected chi connectivity index (χ0v) is 13.1. The van der Waals surface area contributed by atoms with Gasteiger partial charge in [-0.05, 0) is 22.3 Å². The van der Waals surface area contributed by atoms with E-state index in [9.17, 15) is 14.2 Å². The standard InChI is InChI=1S/C16H14N2O4P/c19-15-14(12-7-3-1-4-8-12)18(13-9-5-2-6-10-13)16(20)17(15)11-22-23-21/h1-10,14,23H,11H2/q+1. The van der Waals surface area contributed by atoms with E-state index in [1.165, 1.54) is 4.90 Å². The highest BCUT2D eigenvalue weighted by Gasteiger charge is 2.47. The first-order valence-electron chi connectivity index (χ1n) is 6.97. The first kappa shape index (κ1) is 15.3. The monoisotopic (exact) mass is 329 g/mol. The van der Waals surface area contributed by atoms with E-state index in [1.54, 1.807) is 36.4 Å². The van der Waals surface area contributed by atoms with Crippen LogP contribution in [0.4, 0.5) is 10.5 Å². The van der Waals surface area contributed by atoms with Gasteiger partial charge in [0.25, 0.3) is 5.91 Å². The van der Waals surface area contributed by atoms with Gasteiger partial charge in [0.05, 0.1) is 0 Å². The summed E-state index contributed by atoms with van der Waals surface area (Å²) in [7, 11) is -1.03. The molecule has 0 bridgehead atoms. The van der Waals surface area contributed by atoms with Crippen LogP contribution in [0.15, 0.2) is 60.7 Å². The molecule has 0 spiro atoms. The third-order valence-electron chi connectivity index (χ3n) is 3.60. The Kier molecular flexibility index (Phi) is 4.46. The molecule has 0 saturated carbocycles. The number of benzene rings is 2. The average molecular weight is 329 g/mol. The number of anilines is 1. The van der Waals surface area contributed by atoms with Gasteiger partial charge in [-0.1, -0.05) is 48.5 Å². The van der Waals surface area contributed by atoms with Crippen molar-refractivity contribution in [1.82, 2.24) is 4.90 Å². The molecule has 1 aliphatic heterocycles. The maximum absolute atomic E-state index is 12.7. The van der Waals surface area contributed by atoms with Gasteiger partial charge >= 0.3 is 14.7 Å². The van der Waals surface area contributed by atoms with Crippen molar-refractivity contribution in [3.05, 3.63) is 66.2 Å². The largest absolute Gasteiger partial charge is 0.496 e. The quantitative estimate of drug-likeness (QED) is 0.624. The number of carbonyl (C=O) groups excluding carboxylic acids is 2. The molecule has 0 aromatic heterocycles. The number of carbonyl (C=O) groups is 2. The molecule has 2 aromatic rings. The van der Waals surface area contributed by atoms with Gasteiger partial charge in [0, 0.05) is 5.69 Å². The van der Waals surface area contributed by atoms with E-state index in [1.807, 2.05) is 24.3 Å². The third-order valence-corrected chi connectivity index (χ3v) is 3.84. The molecule has 7 heteroatoms. The first-order chi connectivity index (χ1) is 11.2. The van der Waals surface area contributed by atoms with Gasteiger partial charge in [-0.15, -0.1) is 4.52 Å². The SMILES string of the molecule is O=[PH+]OCN1C(=O)C(c2ccccc2)N(c2ccccc2)C1=O. The normalized spacial score (nSPS) is 18.0. The smallest absolute Gasteiger partial charge is 0.277 e. The highest BCUT2D eigenvalue weighted by Crippen LogP contribution is 2.35. The van der Waals surface area contributed by atoms with E-state index < -0.39 is 26.7 Å². The fraction of sp³-hybridized carbons (Fsp3) is 0.125. The Hall–Kier alpha value is -2.56. The summed E-state index contributed by atoms with van der Waals surface area (Å²) in [6.07, 6.45) is 0. The number of amides is 3. The van der Waals surface area contributed by atoms with Gasteiger partial charge in [-0.3, -0.25) is 9.69 Å². The lowest BCUT2D eigenvalue weighted by Crippen LogP contribution is -2.34. The highest BCUT2D eigenvalue weighted by molar-refractivity contribution is 7.17. The molecule has 3 amide bonds. The molecule has 0 N–H and O–H groups in total. The van der Waals surface area contributed by atoms with Crippen LogP contribution < -0.4 is 4.90 Å². The maximum atomic E-state index is 12.7. The molecule has 2 aromatic carbocycles. The van der Waals surface area contributed by atoms with Crippen LogP contribution in [0.5, 0.6) is 0 Å². The predicted molar refractivity (Wildman–Crippen MR) is 85.3 cm³/mol. The molecule has 0 radical (unpaired) electrons. The summed E-state index contributed by atoms with van der Waals surface area (Å²) in [5.41, 5.74) is 1.33. The summed E-state index contributed by atoms with van der Waals surface area (Å²) in [5.74, 6) is -0.400. The fourth-order valence-electron chi connectivity index (χ4n) is 2.58. The molecule has 1 fully saturated rings. The molecule has 1 heterocycles. The maximum Gasteiger partial charge on any atom is 0.496 e. The zero-order valence-electron chi connectivity index (χ0n) is 12.1. The van der Waals surface area contributed by atoms with Crippen LogP contribution in [0, 0.1) is 0 Å². The van der Waals surface area contributed by atoms with Crippen LogP contribution in [-0.2, 0) is 13.9 Å². The van der Waals surface area contributed by atoms with Crippen molar-refractivity contribution >= 4 is 26.3 Å². The van der Waals surface area contributed by atoms with Crippen molar-refractivity contribution < 1.29 is 18.7 Å². The molecule has 3 rings (SSSR count). The Morgan fingerprint density at radius 3 is 2.17 bits per heavy atom. The van der Waals surface area contributed by atoms with Crippen LogP contribution in [0.2, 0.25) is 0 Å². The second-order valence-electron chi connectivity index (χ2n) is 4.92. The minimum absolute atomic E-state index is 0.327. The van der Waals surface area contributed by atoms with Crippen molar-refractivity contribution in [2.24, 2.45) is 0 Å². The van der Waals surface area contributed by atoms with Gasteiger partial charge < -0.3 is 0 Å². The molecular weight excluding hydrogens is 315 g/mol. The van der Waals surface area contributed by atoms with E-state index in [2.05, 4.69) is 0 Å². The number of para-hydroxylation sites is 1. The van der Waals surface area contributed by atoms with Crippen LogP contribution in [-0.4, -0.2) is 23.6 Å². The second kappa shape index (κ2) is 6.69. The zero-order chi connectivity index (χ0) is 16.2. The average Bonchev–Trinajstić information content (AvgIpc) is 2.85. The van der Waals surface area contributed by atoms with Gasteiger partial charge in [-0.2, -0.15) is 0 Å². The lowest BCUT2D eigenvalue weighted by Gasteiger charge is -2.22. The number of hydrogen-bond donors (Lipinski definition) is 0. The summed E-state index contributed by atoms with van der Waals surface area (Å²) >= 11 is 0. The van der Waals surface area contributed by atoms with Crippen molar-refractivity contribution in [2.75, 3.05) is 11.6 Å². The van der Waals surface area contributed by atoms with Crippen molar-refractivity contribution in [3.8, 4) is 0 Å². The molecule has 1 saturated heterocycles. The van der Waals surface area contributed by atoms with E-state index >= 15 is 0 Å². The lowest BCUT2D eigenvalue weighted by atomic mass is 10.1. The molecule has 2 atom stereocenters. The summed E-state index contributed by atoms with van der Waals surface area (Å²) in [6.45, 7) is -0.327. The fourth-order valence-corrected chi connectivity index (χ4v) is 2.76. The van der Waals surface area contributed by atoms with Crippen molar-refractivity contribution in [1.29, 1.82) is 0 Å². The van der Waals surface area contributed by atoms with E-state index in [0.29, 0.717) is 11.3 Å². The van der Waals surface area contributed by atoms with Crippen LogP contribution in [0.3, 0.4) is 0 Å². The number of urea groups is 1. The number of hydrogen-bond acceptors (Lipinski definition) is 4. The van der Waals surface area contributed by atoms with Gasteiger partial charge in [0.15, 0.2) is 6.73 Å². The Morgan fingerprint density at radius 2 is 1.57 bits per heavy atom. The molecule has 23 heavy (non-hydrogen) atoms. The first-order valence-corrected chi connectivity index (χ1v) is 7.79. The summed E-state index contributed by atoms with van der Waals surface area (Å²) in [6, 6.07) is 16.8. The van der Waals surface area contributed by atoms with E-state index in [-0.39, 0.29) is 6.73 Å². The summed E-state index contributed by atoms with van der Waals surface area (Å²) in [5, 5.41) is 0. The minimum Gasteiger partial charge on any atom is -0.277 e. The predicted octanol–water partition coefficient (Wildman–Crippen LogP) is 3.11. The molecule has 2 unspecified atom stereocenters. The van der Waals surface area contributed by atoms with E-state index in [4.69, 9.17) is 4.52 Å². The van der Waals surface area contributed by atoms with Crippen LogP contribution in [0.25, 0.3) is 0 Å². The Morgan fingerprint density at radius 1 is 0.957 bits per heavy atom. The topological polar surface area (TPSA) is 66.9 Å². The summed E-state index contributed by atoms with van der Waals surface area (Å²) < 4.78 is 15.3. The van der Waals surface area contributed by atoms with Crippen LogP contribution in [0.1, 0.15) is 11.6 Å². The Balaban J connectivity index is 2.04. The number of nitrogens with zero attached hydrogens (tertiary/aromatic N) is 2. The molecule has 0 aliphatic carbocycles. The summed E-state index contributed by atoms with van der Waals surface area (Å²) in [4.78, 5) is 27.7. The van der Waals surface area contributed by atoms with Crippen molar-refractivity contribution in [2.45, 2.75) is 6.04 Å². The van der Waals surface area contributed by atoms with Gasteiger partial charge in [0.2, 0.25) is 0 Å². The highest BCUT2D eigenvalue weighted by atomic mass is 31.1. The minimum atomic E-state index is -1.03. The third kappa shape index (κ3) is 2.86. The Labute approximate surface area is 134 Å². The molecule has 1 aliphatic rings. The van der Waals surface area contributed by atoms with Gasteiger partial charge in [-0.25, -0.2) is 9.69 Å². The molecule has 6 nitrogen and oxygen atoms in total. The second-order valence-corrected chi connectivity index (χ2v) is 5.38. The number of imide groups is 1. The number of rotatable bonds is 5. The molecular formula is C16H14N2O4P+. The van der Waals surface area contributed by atoms with E-state index in [0.717, 1.165) is 4.90 Å². The van der Waals surface area contributed by atoms with Crippen molar-refractivity contribution in [3.63, 3.8) is 0 Å². The van der Waals surface area contributed by atoms with Gasteiger partial charge in [0.1, 0.15) is 6.04 Å². The molecule has 116 valence electrons. The Bertz CT molecular complexity index is 666.